The van der Waals surface area contributed by atoms with Crippen LogP contribution in [0.5, 0.6) is 0 Å². The number of amides is 1. The van der Waals surface area contributed by atoms with Crippen molar-refractivity contribution in [3.63, 3.8) is 0 Å². The van der Waals surface area contributed by atoms with Crippen molar-refractivity contribution in [1.29, 1.82) is 0 Å². The van der Waals surface area contributed by atoms with E-state index in [0.717, 1.165) is 5.56 Å². The molecule has 0 unspecified atom stereocenters. The van der Waals surface area contributed by atoms with Crippen LogP contribution in [-0.4, -0.2) is 38.1 Å². The average Bonchev–Trinajstić information content (AvgIpc) is 2.67. The molecule has 2 aromatic rings. The van der Waals surface area contributed by atoms with Crippen LogP contribution < -0.4 is 5.32 Å². The molecule has 25 heavy (non-hydrogen) atoms. The van der Waals surface area contributed by atoms with Gasteiger partial charge in [-0.05, 0) is 23.8 Å². The summed E-state index contributed by atoms with van der Waals surface area (Å²) in [6.07, 6.45) is 0.302. The summed E-state index contributed by atoms with van der Waals surface area (Å²) in [6, 6.07) is 14.6. The van der Waals surface area contributed by atoms with Gasteiger partial charge in [0.15, 0.2) is 0 Å². The third kappa shape index (κ3) is 4.91. The third-order valence-corrected chi connectivity index (χ3v) is 3.62. The van der Waals surface area contributed by atoms with Crippen molar-refractivity contribution in [3.05, 3.63) is 71.3 Å². The topological polar surface area (TPSA) is 81.7 Å². The molecule has 6 nitrogen and oxygen atoms in total. The highest BCUT2D eigenvalue weighted by atomic mass is 16.5. The Morgan fingerprint density at radius 1 is 0.920 bits per heavy atom. The van der Waals surface area contributed by atoms with E-state index >= 15 is 0 Å². The second-order valence-corrected chi connectivity index (χ2v) is 5.31. The maximum absolute atomic E-state index is 12.5. The molecule has 2 rings (SSSR count). The number of hydrogen-bond acceptors (Lipinski definition) is 5. The molecular weight excluding hydrogens is 322 g/mol. The SMILES string of the molecule is COC(=O)c1cccc(C(=O)N[C@@H](Cc2ccccc2)C(=O)OC)c1. The zero-order valence-electron chi connectivity index (χ0n) is 14.0. The number of hydrogen-bond donors (Lipinski definition) is 1. The second-order valence-electron chi connectivity index (χ2n) is 5.31. The molecule has 1 atom stereocenters. The fourth-order valence-electron chi connectivity index (χ4n) is 2.33. The lowest BCUT2D eigenvalue weighted by molar-refractivity contribution is -0.142. The maximum atomic E-state index is 12.5. The number of carbonyl (C=O) groups is 3. The Labute approximate surface area is 145 Å². The van der Waals surface area contributed by atoms with Gasteiger partial charge in [0, 0.05) is 12.0 Å². The molecule has 0 aromatic heterocycles. The summed E-state index contributed by atoms with van der Waals surface area (Å²) in [6.45, 7) is 0. The summed E-state index contributed by atoms with van der Waals surface area (Å²) >= 11 is 0. The highest BCUT2D eigenvalue weighted by Gasteiger charge is 2.23. The summed E-state index contributed by atoms with van der Waals surface area (Å²) in [5.74, 6) is -1.55. The molecule has 0 saturated heterocycles. The van der Waals surface area contributed by atoms with Crippen LogP contribution >= 0.6 is 0 Å². The van der Waals surface area contributed by atoms with Crippen molar-refractivity contribution in [2.45, 2.75) is 12.5 Å². The molecule has 130 valence electrons. The quantitative estimate of drug-likeness (QED) is 0.813. The Bertz CT molecular complexity index is 757. The predicted octanol–water partition coefficient (Wildman–Crippen LogP) is 1.99. The Morgan fingerprint density at radius 2 is 1.60 bits per heavy atom. The number of rotatable bonds is 6. The molecule has 1 amide bonds. The lowest BCUT2D eigenvalue weighted by atomic mass is 10.0. The van der Waals surface area contributed by atoms with Crippen LogP contribution in [0.3, 0.4) is 0 Å². The summed E-state index contributed by atoms with van der Waals surface area (Å²) in [7, 11) is 2.53. The number of benzene rings is 2. The molecule has 0 aliphatic carbocycles. The van der Waals surface area contributed by atoms with Gasteiger partial charge in [-0.25, -0.2) is 9.59 Å². The van der Waals surface area contributed by atoms with Crippen molar-refractivity contribution in [2.24, 2.45) is 0 Å². The van der Waals surface area contributed by atoms with Gasteiger partial charge in [-0.2, -0.15) is 0 Å². The van der Waals surface area contributed by atoms with E-state index in [1.165, 1.54) is 20.3 Å². The first kappa shape index (κ1) is 18.2. The minimum absolute atomic E-state index is 0.255. The van der Waals surface area contributed by atoms with Gasteiger partial charge in [0.25, 0.3) is 5.91 Å². The number of esters is 2. The maximum Gasteiger partial charge on any atom is 0.337 e. The molecule has 0 heterocycles. The first-order valence-corrected chi connectivity index (χ1v) is 7.66. The predicted molar refractivity (Wildman–Crippen MR) is 91.2 cm³/mol. The smallest absolute Gasteiger partial charge is 0.337 e. The fourth-order valence-corrected chi connectivity index (χ4v) is 2.33. The Morgan fingerprint density at radius 3 is 2.24 bits per heavy atom. The fraction of sp³-hybridized carbons (Fsp3) is 0.211. The molecule has 0 saturated carbocycles. The van der Waals surface area contributed by atoms with Gasteiger partial charge in [0.2, 0.25) is 0 Å². The van der Waals surface area contributed by atoms with Crippen LogP contribution in [0.2, 0.25) is 0 Å². The van der Waals surface area contributed by atoms with Gasteiger partial charge >= 0.3 is 11.9 Å². The lowest BCUT2D eigenvalue weighted by Crippen LogP contribution is -2.43. The van der Waals surface area contributed by atoms with Crippen LogP contribution in [0.15, 0.2) is 54.6 Å². The van der Waals surface area contributed by atoms with Crippen molar-refractivity contribution in [2.75, 3.05) is 14.2 Å². The van der Waals surface area contributed by atoms with Gasteiger partial charge < -0.3 is 14.8 Å². The van der Waals surface area contributed by atoms with Gasteiger partial charge in [0.1, 0.15) is 6.04 Å². The Kier molecular flexibility index (Phi) is 6.28. The highest BCUT2D eigenvalue weighted by molar-refractivity contribution is 5.99. The van der Waals surface area contributed by atoms with E-state index in [2.05, 4.69) is 10.1 Å². The zero-order valence-corrected chi connectivity index (χ0v) is 14.0. The largest absolute Gasteiger partial charge is 0.467 e. The minimum Gasteiger partial charge on any atom is -0.467 e. The summed E-state index contributed by atoms with van der Waals surface area (Å²) in [4.78, 5) is 36.0. The molecule has 0 aliphatic rings. The molecule has 0 radical (unpaired) electrons. The van der Waals surface area contributed by atoms with Crippen molar-refractivity contribution < 1.29 is 23.9 Å². The molecule has 0 aliphatic heterocycles. The van der Waals surface area contributed by atoms with E-state index in [1.54, 1.807) is 18.2 Å². The van der Waals surface area contributed by atoms with Gasteiger partial charge in [-0.1, -0.05) is 36.4 Å². The molecule has 0 bridgehead atoms. The van der Waals surface area contributed by atoms with E-state index in [9.17, 15) is 14.4 Å². The summed E-state index contributed by atoms with van der Waals surface area (Å²) in [5.41, 5.74) is 1.40. The van der Waals surface area contributed by atoms with Gasteiger partial charge in [0.05, 0.1) is 19.8 Å². The average molecular weight is 341 g/mol. The van der Waals surface area contributed by atoms with Gasteiger partial charge in [-0.15, -0.1) is 0 Å². The Hall–Kier alpha value is -3.15. The minimum atomic E-state index is -0.832. The molecule has 2 aromatic carbocycles. The second kappa shape index (κ2) is 8.63. The van der Waals surface area contributed by atoms with Crippen LogP contribution in [0, 0.1) is 0 Å². The van der Waals surface area contributed by atoms with Crippen LogP contribution in [0.1, 0.15) is 26.3 Å². The molecule has 6 heteroatoms. The molecule has 1 N–H and O–H groups in total. The van der Waals surface area contributed by atoms with Gasteiger partial charge in [-0.3, -0.25) is 4.79 Å². The third-order valence-electron chi connectivity index (χ3n) is 3.62. The molecular formula is C19H19NO5. The van der Waals surface area contributed by atoms with Crippen LogP contribution in [-0.2, 0) is 20.7 Å². The Balaban J connectivity index is 2.16. The van der Waals surface area contributed by atoms with Crippen LogP contribution in [0.25, 0.3) is 0 Å². The number of nitrogens with one attached hydrogen (secondary N) is 1. The standard InChI is InChI=1S/C19H19NO5/c1-24-18(22)15-10-6-9-14(12-15)17(21)20-16(19(23)25-2)11-13-7-4-3-5-8-13/h3-10,12,16H,11H2,1-2H3,(H,20,21)/t16-/m0/s1. The summed E-state index contributed by atoms with van der Waals surface area (Å²) < 4.78 is 9.41. The van der Waals surface area contributed by atoms with E-state index < -0.39 is 23.9 Å². The first-order valence-electron chi connectivity index (χ1n) is 7.66. The number of carbonyl (C=O) groups excluding carboxylic acids is 3. The van der Waals surface area contributed by atoms with E-state index in [1.807, 2.05) is 30.3 Å². The lowest BCUT2D eigenvalue weighted by Gasteiger charge is -2.17. The van der Waals surface area contributed by atoms with Crippen molar-refractivity contribution in [3.8, 4) is 0 Å². The van der Waals surface area contributed by atoms with Crippen molar-refractivity contribution in [1.82, 2.24) is 5.32 Å². The summed E-state index contributed by atoms with van der Waals surface area (Å²) in [5, 5.41) is 2.65. The zero-order chi connectivity index (χ0) is 18.2. The number of methoxy groups -OCH3 is 2. The first-order chi connectivity index (χ1) is 12.0. The van der Waals surface area contributed by atoms with E-state index in [4.69, 9.17) is 4.74 Å². The number of ether oxygens (including phenoxy) is 2. The molecule has 0 spiro atoms. The highest BCUT2D eigenvalue weighted by Crippen LogP contribution is 2.09. The van der Waals surface area contributed by atoms with E-state index in [0.29, 0.717) is 6.42 Å². The van der Waals surface area contributed by atoms with E-state index in [-0.39, 0.29) is 11.1 Å². The van der Waals surface area contributed by atoms with Crippen LogP contribution in [0.4, 0.5) is 0 Å². The normalized spacial score (nSPS) is 11.3. The van der Waals surface area contributed by atoms with Crippen molar-refractivity contribution >= 4 is 17.8 Å². The monoisotopic (exact) mass is 341 g/mol. The molecule has 0 fully saturated rings.